The van der Waals surface area contributed by atoms with Gasteiger partial charge in [0.05, 0.1) is 13.7 Å². The summed E-state index contributed by atoms with van der Waals surface area (Å²) in [4.78, 5) is 10.8. The number of rotatable bonds is 8. The van der Waals surface area contributed by atoms with E-state index in [1.807, 2.05) is 6.92 Å². The molecule has 6 nitrogen and oxygen atoms in total. The van der Waals surface area contributed by atoms with Crippen LogP contribution in [0.2, 0.25) is 0 Å². The van der Waals surface area contributed by atoms with Gasteiger partial charge in [-0.2, -0.15) is 0 Å². The molecule has 118 valence electrons. The van der Waals surface area contributed by atoms with Gasteiger partial charge in [0.1, 0.15) is 12.1 Å². The molecule has 0 aliphatic rings. The number of thioether (sulfide) groups is 1. The van der Waals surface area contributed by atoms with E-state index in [0.29, 0.717) is 23.7 Å². The third-order valence-corrected chi connectivity index (χ3v) is 4.04. The van der Waals surface area contributed by atoms with E-state index < -0.39 is 0 Å². The minimum absolute atomic E-state index is 0.511. The second kappa shape index (κ2) is 7.84. The highest BCUT2D eigenvalue weighted by molar-refractivity contribution is 7.99. The van der Waals surface area contributed by atoms with Gasteiger partial charge in [0.25, 0.3) is 0 Å². The second-order valence-electron chi connectivity index (χ2n) is 4.50. The number of hydrogen-bond acceptors (Lipinski definition) is 6. The number of aryl methyl sites for hydroxylation is 1. The average molecular weight is 321 g/mol. The number of hydrogen-bond donors (Lipinski definition) is 0. The van der Waals surface area contributed by atoms with E-state index >= 15 is 0 Å². The van der Waals surface area contributed by atoms with Gasteiger partial charge >= 0.3 is 0 Å². The number of nitrogens with zero attached hydrogens (tertiary/aromatic N) is 3. The molecule has 1 aromatic heterocycles. The number of aromatic nitrogens is 3. The van der Waals surface area contributed by atoms with Gasteiger partial charge < -0.3 is 14.0 Å². The van der Waals surface area contributed by atoms with E-state index in [2.05, 4.69) is 21.7 Å². The van der Waals surface area contributed by atoms with Crippen LogP contribution < -0.4 is 9.47 Å². The fourth-order valence-electron chi connectivity index (χ4n) is 1.99. The normalized spacial score (nSPS) is 10.5. The second-order valence-corrected chi connectivity index (χ2v) is 5.56. The SMILES string of the molecule is CCn1c(C)nnc1SCCOc1ccc(C=O)cc1OC. The molecule has 22 heavy (non-hydrogen) atoms. The fourth-order valence-corrected chi connectivity index (χ4v) is 2.86. The van der Waals surface area contributed by atoms with Gasteiger partial charge in [-0.25, -0.2) is 0 Å². The highest BCUT2D eigenvalue weighted by Crippen LogP contribution is 2.28. The van der Waals surface area contributed by atoms with Crippen molar-refractivity contribution in [3.8, 4) is 11.5 Å². The molecule has 0 atom stereocenters. The summed E-state index contributed by atoms with van der Waals surface area (Å²) < 4.78 is 13.0. The summed E-state index contributed by atoms with van der Waals surface area (Å²) in [6.07, 6.45) is 0.780. The number of carbonyl (C=O) groups is 1. The van der Waals surface area contributed by atoms with E-state index in [1.165, 1.54) is 0 Å². The molecular weight excluding hydrogens is 302 g/mol. The topological polar surface area (TPSA) is 66.2 Å². The van der Waals surface area contributed by atoms with Gasteiger partial charge in [-0.3, -0.25) is 4.79 Å². The molecular formula is C15H19N3O3S. The van der Waals surface area contributed by atoms with Crippen molar-refractivity contribution in [2.24, 2.45) is 0 Å². The molecule has 1 heterocycles. The molecule has 0 N–H and O–H groups in total. The molecule has 0 radical (unpaired) electrons. The summed E-state index contributed by atoms with van der Waals surface area (Å²) in [5.74, 6) is 2.84. The summed E-state index contributed by atoms with van der Waals surface area (Å²) >= 11 is 1.60. The molecule has 0 spiro atoms. The molecule has 0 aliphatic carbocycles. The zero-order valence-electron chi connectivity index (χ0n) is 12.9. The third kappa shape index (κ3) is 3.79. The number of ether oxygens (including phenoxy) is 2. The van der Waals surface area contributed by atoms with E-state index in [-0.39, 0.29) is 0 Å². The van der Waals surface area contributed by atoms with Crippen LogP contribution in [0.3, 0.4) is 0 Å². The lowest BCUT2D eigenvalue weighted by Crippen LogP contribution is -2.04. The van der Waals surface area contributed by atoms with Crippen molar-refractivity contribution in [2.45, 2.75) is 25.5 Å². The fraction of sp³-hybridized carbons (Fsp3) is 0.400. The molecule has 0 fully saturated rings. The Labute approximate surface area is 133 Å². The standard InChI is InChI=1S/C15H19N3O3S/c1-4-18-11(2)16-17-15(18)22-8-7-21-13-6-5-12(10-19)9-14(13)20-3/h5-6,9-10H,4,7-8H2,1-3H3. The van der Waals surface area contributed by atoms with Crippen molar-refractivity contribution in [1.82, 2.24) is 14.8 Å². The van der Waals surface area contributed by atoms with Crippen LogP contribution in [0.4, 0.5) is 0 Å². The Bertz CT molecular complexity index is 643. The predicted octanol–water partition coefficient (Wildman–Crippen LogP) is 2.60. The Hall–Kier alpha value is -2.02. The lowest BCUT2D eigenvalue weighted by atomic mass is 10.2. The van der Waals surface area contributed by atoms with Crippen LogP contribution >= 0.6 is 11.8 Å². The first-order chi connectivity index (χ1) is 10.7. The minimum atomic E-state index is 0.511. The molecule has 0 saturated carbocycles. The van der Waals surface area contributed by atoms with Crippen LogP contribution in [0.5, 0.6) is 11.5 Å². The average Bonchev–Trinajstić information content (AvgIpc) is 2.91. The molecule has 0 aliphatic heterocycles. The van der Waals surface area contributed by atoms with Crippen molar-refractivity contribution in [3.63, 3.8) is 0 Å². The maximum atomic E-state index is 10.8. The largest absolute Gasteiger partial charge is 0.493 e. The van der Waals surface area contributed by atoms with Gasteiger partial charge in [-0.15, -0.1) is 10.2 Å². The zero-order chi connectivity index (χ0) is 15.9. The molecule has 7 heteroatoms. The van der Waals surface area contributed by atoms with Crippen LogP contribution in [0.1, 0.15) is 23.1 Å². The molecule has 0 bridgehead atoms. The minimum Gasteiger partial charge on any atom is -0.493 e. The summed E-state index contributed by atoms with van der Waals surface area (Å²) in [5, 5.41) is 9.11. The van der Waals surface area contributed by atoms with E-state index in [0.717, 1.165) is 29.6 Å². The Morgan fingerprint density at radius 2 is 2.14 bits per heavy atom. The van der Waals surface area contributed by atoms with Gasteiger partial charge in [0.15, 0.2) is 16.7 Å². The van der Waals surface area contributed by atoms with Gasteiger partial charge in [-0.05, 0) is 32.0 Å². The highest BCUT2D eigenvalue weighted by atomic mass is 32.2. The van der Waals surface area contributed by atoms with E-state index in [4.69, 9.17) is 9.47 Å². The molecule has 1 aromatic carbocycles. The summed E-state index contributed by atoms with van der Waals surface area (Å²) in [7, 11) is 1.55. The Balaban J connectivity index is 1.90. The van der Waals surface area contributed by atoms with Crippen LogP contribution in [-0.4, -0.2) is 40.5 Å². The third-order valence-electron chi connectivity index (χ3n) is 3.11. The van der Waals surface area contributed by atoms with Gasteiger partial charge in [-0.1, -0.05) is 11.8 Å². The van der Waals surface area contributed by atoms with Crippen LogP contribution in [0.15, 0.2) is 23.4 Å². The zero-order valence-corrected chi connectivity index (χ0v) is 13.7. The molecule has 0 unspecified atom stereocenters. The Morgan fingerprint density at radius 3 is 2.82 bits per heavy atom. The molecule has 2 rings (SSSR count). The van der Waals surface area contributed by atoms with Crippen molar-refractivity contribution in [1.29, 1.82) is 0 Å². The van der Waals surface area contributed by atoms with Crippen LogP contribution in [0.25, 0.3) is 0 Å². The number of benzene rings is 1. The van der Waals surface area contributed by atoms with Crippen molar-refractivity contribution in [3.05, 3.63) is 29.6 Å². The summed E-state index contributed by atoms with van der Waals surface area (Å²) in [5.41, 5.74) is 0.560. The quantitative estimate of drug-likeness (QED) is 0.423. The van der Waals surface area contributed by atoms with Crippen LogP contribution in [-0.2, 0) is 6.54 Å². The lowest BCUT2D eigenvalue weighted by molar-refractivity contribution is 0.112. The lowest BCUT2D eigenvalue weighted by Gasteiger charge is -2.11. The van der Waals surface area contributed by atoms with Crippen LogP contribution in [0, 0.1) is 6.92 Å². The summed E-state index contributed by atoms with van der Waals surface area (Å²) in [6.45, 7) is 5.37. The number of aldehydes is 1. The van der Waals surface area contributed by atoms with E-state index in [9.17, 15) is 4.79 Å². The Morgan fingerprint density at radius 1 is 1.32 bits per heavy atom. The molecule has 0 amide bonds. The Kier molecular flexibility index (Phi) is 5.83. The maximum Gasteiger partial charge on any atom is 0.191 e. The van der Waals surface area contributed by atoms with E-state index in [1.54, 1.807) is 37.1 Å². The first-order valence-corrected chi connectivity index (χ1v) is 7.96. The first kappa shape index (κ1) is 16.4. The smallest absolute Gasteiger partial charge is 0.191 e. The number of carbonyl (C=O) groups excluding carboxylic acids is 1. The van der Waals surface area contributed by atoms with Crippen molar-refractivity contribution >= 4 is 18.0 Å². The highest BCUT2D eigenvalue weighted by Gasteiger charge is 2.09. The predicted molar refractivity (Wildman–Crippen MR) is 85.0 cm³/mol. The van der Waals surface area contributed by atoms with Crippen molar-refractivity contribution in [2.75, 3.05) is 19.5 Å². The monoisotopic (exact) mass is 321 g/mol. The number of methoxy groups -OCH3 is 1. The maximum absolute atomic E-state index is 10.8. The van der Waals surface area contributed by atoms with Gasteiger partial charge in [0.2, 0.25) is 0 Å². The molecule has 0 saturated heterocycles. The molecule has 2 aromatic rings. The summed E-state index contributed by atoms with van der Waals surface area (Å²) in [6, 6.07) is 5.10. The van der Waals surface area contributed by atoms with Gasteiger partial charge in [0, 0.05) is 17.9 Å². The van der Waals surface area contributed by atoms with Crippen molar-refractivity contribution < 1.29 is 14.3 Å². The first-order valence-electron chi connectivity index (χ1n) is 6.98.